The summed E-state index contributed by atoms with van der Waals surface area (Å²) in [5, 5.41) is 17.5. The first kappa shape index (κ1) is 30.8. The van der Waals surface area contributed by atoms with E-state index in [-0.39, 0.29) is 18.8 Å². The van der Waals surface area contributed by atoms with Gasteiger partial charge in [0.2, 0.25) is 29.5 Å². The molecule has 0 aliphatic heterocycles. The number of carboxylic acids is 1. The number of nitrogens with one attached hydrogen (secondary N) is 4. The number of para-hydroxylation sites is 1. The third kappa shape index (κ3) is 9.41. The molecule has 212 valence electrons. The van der Waals surface area contributed by atoms with Crippen LogP contribution in [-0.2, 0) is 35.2 Å². The standard InChI is InChI=1S/C25H35N7O7/c1-12(2)7-17(23(36)32-19(25(38)39)10-21(28)34)31-24(37)18(30-22(35)15(26)9-20(27)33)8-13-11-29-16-6-4-3-5-14(13)16/h3-6,11-12,15,17-19,29H,7-10,26H2,1-2H3,(H2,27,33)(H2,28,34)(H,30,35)(H,31,37)(H,32,36)(H,38,39). The quantitative estimate of drug-likeness (QED) is 0.129. The molecule has 2 aromatic rings. The summed E-state index contributed by atoms with van der Waals surface area (Å²) >= 11 is 0. The van der Waals surface area contributed by atoms with Crippen molar-refractivity contribution in [3.05, 3.63) is 36.0 Å². The monoisotopic (exact) mass is 545 g/mol. The zero-order valence-corrected chi connectivity index (χ0v) is 21.7. The number of carboxylic acid groups (broad SMARTS) is 1. The van der Waals surface area contributed by atoms with Crippen molar-refractivity contribution >= 4 is 46.4 Å². The van der Waals surface area contributed by atoms with E-state index >= 15 is 0 Å². The van der Waals surface area contributed by atoms with Gasteiger partial charge in [0.1, 0.15) is 18.1 Å². The topological polar surface area (TPSA) is 253 Å². The van der Waals surface area contributed by atoms with Gasteiger partial charge in [-0.25, -0.2) is 4.79 Å². The van der Waals surface area contributed by atoms with E-state index in [4.69, 9.17) is 17.2 Å². The Kier molecular flexibility index (Phi) is 11.0. The summed E-state index contributed by atoms with van der Waals surface area (Å²) in [4.78, 5) is 76.1. The number of rotatable bonds is 15. The molecule has 39 heavy (non-hydrogen) atoms. The van der Waals surface area contributed by atoms with Crippen LogP contribution in [0.4, 0.5) is 0 Å². The number of aliphatic carboxylic acids is 1. The maximum absolute atomic E-state index is 13.4. The summed E-state index contributed by atoms with van der Waals surface area (Å²) in [5.41, 5.74) is 17.5. The van der Waals surface area contributed by atoms with Crippen LogP contribution in [0.1, 0.15) is 38.7 Å². The molecule has 14 nitrogen and oxygen atoms in total. The number of aromatic nitrogens is 1. The molecule has 4 atom stereocenters. The number of benzene rings is 1. The highest BCUT2D eigenvalue weighted by atomic mass is 16.4. The van der Waals surface area contributed by atoms with Crippen molar-refractivity contribution in [3.8, 4) is 0 Å². The summed E-state index contributed by atoms with van der Waals surface area (Å²) in [5.74, 6) is -5.69. The van der Waals surface area contributed by atoms with Gasteiger partial charge >= 0.3 is 5.97 Å². The van der Waals surface area contributed by atoms with Crippen molar-refractivity contribution in [1.29, 1.82) is 0 Å². The van der Waals surface area contributed by atoms with Crippen LogP contribution in [0.3, 0.4) is 0 Å². The highest BCUT2D eigenvalue weighted by molar-refractivity contribution is 5.96. The Bertz CT molecular complexity index is 1230. The fourth-order valence-corrected chi connectivity index (χ4v) is 3.97. The van der Waals surface area contributed by atoms with Crippen molar-refractivity contribution in [2.45, 2.75) is 63.7 Å². The van der Waals surface area contributed by atoms with Crippen LogP contribution in [0.2, 0.25) is 0 Å². The summed E-state index contributed by atoms with van der Waals surface area (Å²) in [6.45, 7) is 3.58. The first-order chi connectivity index (χ1) is 18.3. The predicted molar refractivity (Wildman–Crippen MR) is 140 cm³/mol. The van der Waals surface area contributed by atoms with E-state index in [0.717, 1.165) is 10.9 Å². The zero-order chi connectivity index (χ0) is 29.3. The smallest absolute Gasteiger partial charge is 0.326 e. The van der Waals surface area contributed by atoms with Crippen LogP contribution in [0.5, 0.6) is 0 Å². The normalized spacial score (nSPS) is 14.2. The summed E-state index contributed by atoms with van der Waals surface area (Å²) in [6.07, 6.45) is 0.721. The molecule has 0 aliphatic rings. The molecule has 1 aromatic carbocycles. The lowest BCUT2D eigenvalue weighted by atomic mass is 10.00. The van der Waals surface area contributed by atoms with Gasteiger partial charge in [0.05, 0.1) is 18.9 Å². The van der Waals surface area contributed by atoms with Crippen molar-refractivity contribution in [1.82, 2.24) is 20.9 Å². The number of fused-ring (bicyclic) bond motifs is 1. The Balaban J connectivity index is 2.31. The molecular formula is C25H35N7O7. The molecule has 4 unspecified atom stereocenters. The first-order valence-electron chi connectivity index (χ1n) is 12.3. The number of carbonyl (C=O) groups is 6. The fourth-order valence-electron chi connectivity index (χ4n) is 3.97. The van der Waals surface area contributed by atoms with Gasteiger partial charge in [0.25, 0.3) is 0 Å². The Morgan fingerprint density at radius 2 is 1.41 bits per heavy atom. The minimum Gasteiger partial charge on any atom is -0.480 e. The van der Waals surface area contributed by atoms with E-state index in [2.05, 4.69) is 20.9 Å². The number of primary amides is 2. The number of H-pyrrole nitrogens is 1. The molecule has 0 bridgehead atoms. The minimum atomic E-state index is -1.59. The van der Waals surface area contributed by atoms with Crippen LogP contribution in [-0.4, -0.2) is 69.8 Å². The molecule has 0 spiro atoms. The number of carbonyl (C=O) groups excluding carboxylic acids is 5. The average Bonchev–Trinajstić information content (AvgIpc) is 3.24. The van der Waals surface area contributed by atoms with Crippen molar-refractivity contribution in [3.63, 3.8) is 0 Å². The molecule has 0 saturated heterocycles. The molecule has 0 fully saturated rings. The molecular weight excluding hydrogens is 510 g/mol. The zero-order valence-electron chi connectivity index (χ0n) is 21.7. The molecule has 2 rings (SSSR count). The van der Waals surface area contributed by atoms with E-state index < -0.39 is 72.5 Å². The van der Waals surface area contributed by atoms with Crippen molar-refractivity contribution < 1.29 is 33.9 Å². The fraction of sp³-hybridized carbons (Fsp3) is 0.440. The van der Waals surface area contributed by atoms with Gasteiger partial charge in [-0.15, -0.1) is 0 Å². The number of aromatic amines is 1. The van der Waals surface area contributed by atoms with Gasteiger partial charge in [-0.2, -0.15) is 0 Å². The number of hydrogen-bond donors (Lipinski definition) is 8. The van der Waals surface area contributed by atoms with E-state index in [0.29, 0.717) is 5.56 Å². The number of hydrogen-bond acceptors (Lipinski definition) is 7. The van der Waals surface area contributed by atoms with Gasteiger partial charge in [-0.05, 0) is 24.0 Å². The maximum atomic E-state index is 13.4. The van der Waals surface area contributed by atoms with Crippen LogP contribution < -0.4 is 33.2 Å². The van der Waals surface area contributed by atoms with Gasteiger partial charge in [0, 0.05) is 23.5 Å². The van der Waals surface area contributed by atoms with Gasteiger partial charge < -0.3 is 43.2 Å². The summed E-state index contributed by atoms with van der Waals surface area (Å²) in [7, 11) is 0. The van der Waals surface area contributed by atoms with Gasteiger partial charge in [0.15, 0.2) is 0 Å². The van der Waals surface area contributed by atoms with E-state index in [1.807, 2.05) is 24.3 Å². The number of amides is 5. The third-order valence-electron chi connectivity index (χ3n) is 5.85. The Morgan fingerprint density at radius 3 is 2.00 bits per heavy atom. The van der Waals surface area contributed by atoms with E-state index in [1.54, 1.807) is 20.0 Å². The van der Waals surface area contributed by atoms with E-state index in [1.165, 1.54) is 0 Å². The summed E-state index contributed by atoms with van der Waals surface area (Å²) in [6, 6.07) is 1.99. The van der Waals surface area contributed by atoms with Crippen molar-refractivity contribution in [2.24, 2.45) is 23.1 Å². The molecule has 1 heterocycles. The van der Waals surface area contributed by atoms with Crippen LogP contribution in [0.25, 0.3) is 10.9 Å². The third-order valence-corrected chi connectivity index (χ3v) is 5.85. The van der Waals surface area contributed by atoms with Gasteiger partial charge in [-0.1, -0.05) is 32.0 Å². The van der Waals surface area contributed by atoms with Gasteiger partial charge in [-0.3, -0.25) is 24.0 Å². The van der Waals surface area contributed by atoms with Crippen LogP contribution in [0, 0.1) is 5.92 Å². The molecule has 14 heteroatoms. The lowest BCUT2D eigenvalue weighted by molar-refractivity contribution is -0.143. The molecule has 11 N–H and O–H groups in total. The SMILES string of the molecule is CC(C)CC(NC(=O)C(Cc1c[nH]c2ccccc12)NC(=O)C(N)CC(N)=O)C(=O)NC(CC(N)=O)C(=O)O. The van der Waals surface area contributed by atoms with E-state index in [9.17, 15) is 33.9 Å². The highest BCUT2D eigenvalue weighted by Crippen LogP contribution is 2.19. The first-order valence-corrected chi connectivity index (χ1v) is 12.3. The Labute approximate surface area is 224 Å². The molecule has 0 saturated carbocycles. The lowest BCUT2D eigenvalue weighted by Gasteiger charge is -2.26. The molecule has 1 aromatic heterocycles. The summed E-state index contributed by atoms with van der Waals surface area (Å²) < 4.78 is 0. The highest BCUT2D eigenvalue weighted by Gasteiger charge is 2.32. The van der Waals surface area contributed by atoms with Crippen LogP contribution in [0.15, 0.2) is 30.5 Å². The van der Waals surface area contributed by atoms with Crippen LogP contribution >= 0.6 is 0 Å². The molecule has 0 aliphatic carbocycles. The Hall–Kier alpha value is -4.46. The Morgan fingerprint density at radius 1 is 0.846 bits per heavy atom. The molecule has 0 radical (unpaired) electrons. The largest absolute Gasteiger partial charge is 0.480 e. The second kappa shape index (κ2) is 13.9. The molecule has 5 amide bonds. The average molecular weight is 546 g/mol. The lowest BCUT2D eigenvalue weighted by Crippen LogP contribution is -2.58. The predicted octanol–water partition coefficient (Wildman–Crippen LogP) is -1.63. The second-order valence-corrected chi connectivity index (χ2v) is 9.66. The maximum Gasteiger partial charge on any atom is 0.326 e. The number of nitrogens with two attached hydrogens (primary N) is 3. The minimum absolute atomic E-state index is 0.000319. The second-order valence-electron chi connectivity index (χ2n) is 9.66. The van der Waals surface area contributed by atoms with Crippen molar-refractivity contribution in [2.75, 3.05) is 0 Å².